The Balaban J connectivity index is 4.45. The molecule has 0 saturated heterocycles. The number of nitrogens with two attached hydrogens (primary N) is 1. The first-order valence-electron chi connectivity index (χ1n) is 5.75. The quantitative estimate of drug-likeness (QED) is 0.617. The van der Waals surface area contributed by atoms with Crippen LogP contribution in [-0.2, 0) is 14.3 Å². The predicted octanol–water partition coefficient (Wildman–Crippen LogP) is 0.525. The van der Waals surface area contributed by atoms with E-state index in [1.165, 1.54) is 0 Å². The largest absolute Gasteiger partial charge is 0.465 e. The van der Waals surface area contributed by atoms with E-state index in [1.807, 2.05) is 13.8 Å². The molecule has 2 N–H and O–H groups in total. The summed E-state index contributed by atoms with van der Waals surface area (Å²) in [5.74, 6) is -0.698. The molecule has 16 heavy (non-hydrogen) atoms. The van der Waals surface area contributed by atoms with Crippen molar-refractivity contribution < 1.29 is 14.3 Å². The summed E-state index contributed by atoms with van der Waals surface area (Å²) in [5.41, 5.74) is 5.30. The van der Waals surface area contributed by atoms with Crippen LogP contribution >= 0.6 is 0 Å². The van der Waals surface area contributed by atoms with Gasteiger partial charge in [-0.2, -0.15) is 0 Å². The number of carbonyl (C=O) groups excluding carboxylic acids is 2. The van der Waals surface area contributed by atoms with Gasteiger partial charge in [0.05, 0.1) is 19.2 Å². The van der Waals surface area contributed by atoms with E-state index in [1.54, 1.807) is 11.8 Å². The maximum atomic E-state index is 11.4. The fourth-order valence-corrected chi connectivity index (χ4v) is 1.64. The molecule has 0 spiro atoms. The van der Waals surface area contributed by atoms with Crippen LogP contribution in [-0.4, -0.2) is 42.5 Å². The van der Waals surface area contributed by atoms with E-state index in [0.29, 0.717) is 19.6 Å². The van der Waals surface area contributed by atoms with Crippen LogP contribution in [0.5, 0.6) is 0 Å². The van der Waals surface area contributed by atoms with Crippen LogP contribution in [0.2, 0.25) is 0 Å². The number of rotatable bonds is 8. The second-order valence-electron chi connectivity index (χ2n) is 3.60. The molecule has 94 valence electrons. The smallest absolute Gasteiger partial charge is 0.320 e. The molecule has 5 heteroatoms. The first-order valence-corrected chi connectivity index (χ1v) is 5.75. The minimum Gasteiger partial charge on any atom is -0.465 e. The lowest BCUT2D eigenvalue weighted by atomic mass is 10.1. The molecule has 1 atom stereocenters. The molecule has 0 rings (SSSR count). The molecule has 0 bridgehead atoms. The van der Waals surface area contributed by atoms with Crippen molar-refractivity contribution in [1.29, 1.82) is 0 Å². The van der Waals surface area contributed by atoms with Crippen LogP contribution < -0.4 is 5.73 Å². The van der Waals surface area contributed by atoms with E-state index < -0.39 is 0 Å². The molecule has 0 saturated carbocycles. The van der Waals surface area contributed by atoms with Gasteiger partial charge in [0.2, 0.25) is 5.91 Å². The molecule has 0 aromatic heterocycles. The summed E-state index contributed by atoms with van der Waals surface area (Å²) in [5, 5.41) is 0. The third-order valence-electron chi connectivity index (χ3n) is 2.30. The lowest BCUT2D eigenvalue weighted by Crippen LogP contribution is -2.47. The van der Waals surface area contributed by atoms with Crippen LogP contribution in [0.4, 0.5) is 0 Å². The van der Waals surface area contributed by atoms with Gasteiger partial charge in [0.15, 0.2) is 0 Å². The minimum absolute atomic E-state index is 0.128. The zero-order valence-corrected chi connectivity index (χ0v) is 10.4. The second-order valence-corrected chi connectivity index (χ2v) is 3.60. The van der Waals surface area contributed by atoms with Gasteiger partial charge in [-0.15, -0.1) is 0 Å². The van der Waals surface area contributed by atoms with Gasteiger partial charge in [-0.1, -0.05) is 13.8 Å². The first-order chi connectivity index (χ1) is 7.56. The van der Waals surface area contributed by atoms with Crippen LogP contribution in [0.1, 0.15) is 33.6 Å². The summed E-state index contributed by atoms with van der Waals surface area (Å²) in [6.45, 7) is 6.78. The molecule has 0 radical (unpaired) electrons. The number of hydrogen-bond acceptors (Lipinski definition) is 4. The summed E-state index contributed by atoms with van der Waals surface area (Å²) in [7, 11) is 0. The van der Waals surface area contributed by atoms with Gasteiger partial charge in [0.25, 0.3) is 0 Å². The Morgan fingerprint density at radius 3 is 2.31 bits per heavy atom. The number of hydrogen-bond donors (Lipinski definition) is 1. The Bertz CT molecular complexity index is 231. The molecule has 0 aliphatic heterocycles. The maximum Gasteiger partial charge on any atom is 0.320 e. The zero-order chi connectivity index (χ0) is 12.6. The van der Waals surface area contributed by atoms with Crippen molar-refractivity contribution in [2.75, 3.05) is 19.7 Å². The Morgan fingerprint density at radius 2 is 1.94 bits per heavy atom. The van der Waals surface area contributed by atoms with Gasteiger partial charge in [0.1, 0.15) is 0 Å². The fraction of sp³-hybridized carbons (Fsp3) is 0.818. The molecule has 0 aromatic carbocycles. The van der Waals surface area contributed by atoms with Crippen molar-refractivity contribution in [1.82, 2.24) is 4.90 Å². The van der Waals surface area contributed by atoms with Gasteiger partial charge >= 0.3 is 5.97 Å². The van der Waals surface area contributed by atoms with Gasteiger partial charge in [-0.05, 0) is 26.3 Å². The molecular formula is C11H22N2O3. The summed E-state index contributed by atoms with van der Waals surface area (Å²) >= 11 is 0. The van der Waals surface area contributed by atoms with E-state index >= 15 is 0 Å². The average Bonchev–Trinajstić information content (AvgIpc) is 2.18. The fourth-order valence-electron chi connectivity index (χ4n) is 1.64. The van der Waals surface area contributed by atoms with E-state index in [0.717, 1.165) is 6.42 Å². The van der Waals surface area contributed by atoms with Crippen LogP contribution in [0, 0.1) is 0 Å². The summed E-state index contributed by atoms with van der Waals surface area (Å²) in [6.07, 6.45) is 1.47. The van der Waals surface area contributed by atoms with Crippen LogP contribution in [0.25, 0.3) is 0 Å². The highest BCUT2D eigenvalue weighted by atomic mass is 16.5. The number of amides is 1. The highest BCUT2D eigenvalue weighted by molar-refractivity contribution is 5.81. The van der Waals surface area contributed by atoms with Crippen LogP contribution in [0.3, 0.4) is 0 Å². The Morgan fingerprint density at radius 1 is 1.31 bits per heavy atom. The Hall–Kier alpha value is -1.10. The molecule has 0 heterocycles. The summed E-state index contributed by atoms with van der Waals surface area (Å²) in [4.78, 5) is 24.3. The number of primary amides is 1. The molecule has 5 nitrogen and oxygen atoms in total. The topological polar surface area (TPSA) is 72.6 Å². The standard InChI is InChI=1S/C11H22N2O3/c1-4-7-13(8-10(14)16-6-3)9(5-2)11(12)15/h9H,4-8H2,1-3H3,(H2,12,15). The molecule has 0 aliphatic carbocycles. The van der Waals surface area contributed by atoms with E-state index in [9.17, 15) is 9.59 Å². The van der Waals surface area contributed by atoms with Crippen molar-refractivity contribution >= 4 is 11.9 Å². The Labute approximate surface area is 96.9 Å². The van der Waals surface area contributed by atoms with Gasteiger partial charge in [0, 0.05) is 0 Å². The zero-order valence-electron chi connectivity index (χ0n) is 10.4. The molecule has 0 aliphatic rings. The van der Waals surface area contributed by atoms with Crippen LogP contribution in [0.15, 0.2) is 0 Å². The number of carbonyl (C=O) groups is 2. The van der Waals surface area contributed by atoms with Gasteiger partial charge in [-0.25, -0.2) is 0 Å². The monoisotopic (exact) mass is 230 g/mol. The molecule has 1 unspecified atom stereocenters. The third-order valence-corrected chi connectivity index (χ3v) is 2.30. The lowest BCUT2D eigenvalue weighted by Gasteiger charge is -2.27. The Kier molecular flexibility index (Phi) is 7.54. The molecule has 1 amide bonds. The molecule has 0 fully saturated rings. The lowest BCUT2D eigenvalue weighted by molar-refractivity contribution is -0.145. The average molecular weight is 230 g/mol. The molecular weight excluding hydrogens is 208 g/mol. The third kappa shape index (κ3) is 5.11. The SMILES string of the molecule is CCCN(CC(=O)OCC)C(CC)C(N)=O. The maximum absolute atomic E-state index is 11.4. The normalized spacial score (nSPS) is 12.5. The highest BCUT2D eigenvalue weighted by Crippen LogP contribution is 2.05. The first kappa shape index (κ1) is 14.9. The van der Waals surface area contributed by atoms with Crippen molar-refractivity contribution in [2.24, 2.45) is 5.73 Å². The number of esters is 1. The number of nitrogens with zero attached hydrogens (tertiary/aromatic N) is 1. The highest BCUT2D eigenvalue weighted by Gasteiger charge is 2.23. The summed E-state index contributed by atoms with van der Waals surface area (Å²) < 4.78 is 4.86. The molecule has 0 aromatic rings. The minimum atomic E-state index is -0.389. The van der Waals surface area contributed by atoms with E-state index in [4.69, 9.17) is 10.5 Å². The van der Waals surface area contributed by atoms with Gasteiger partial charge in [-0.3, -0.25) is 14.5 Å². The predicted molar refractivity (Wildman–Crippen MR) is 61.8 cm³/mol. The second kappa shape index (κ2) is 8.10. The van der Waals surface area contributed by atoms with E-state index in [-0.39, 0.29) is 24.5 Å². The summed E-state index contributed by atoms with van der Waals surface area (Å²) in [6, 6.07) is -0.385. The van der Waals surface area contributed by atoms with Crippen molar-refractivity contribution in [2.45, 2.75) is 39.7 Å². The van der Waals surface area contributed by atoms with Gasteiger partial charge < -0.3 is 10.5 Å². The van der Waals surface area contributed by atoms with Crippen molar-refractivity contribution in [3.63, 3.8) is 0 Å². The number of ether oxygens (including phenoxy) is 1. The van der Waals surface area contributed by atoms with E-state index in [2.05, 4.69) is 0 Å². The van der Waals surface area contributed by atoms with Crippen molar-refractivity contribution in [3.8, 4) is 0 Å². The van der Waals surface area contributed by atoms with Crippen molar-refractivity contribution in [3.05, 3.63) is 0 Å².